The van der Waals surface area contributed by atoms with Crippen molar-refractivity contribution in [1.29, 1.82) is 0 Å². The zero-order valence-electron chi connectivity index (χ0n) is 25.5. The molecule has 0 atom stereocenters. The van der Waals surface area contributed by atoms with Gasteiger partial charge in [-0.05, 0) is 60.5 Å². The average Bonchev–Trinajstić information content (AvgIpc) is 3.73. The fourth-order valence-corrected chi connectivity index (χ4v) is 9.48. The fourth-order valence-electron chi connectivity index (χ4n) is 4.87. The third kappa shape index (κ3) is 12.1. The smallest absolute Gasteiger partial charge is 0.0134 e. The molecule has 0 aromatic heterocycles. The Labute approximate surface area is 291 Å². The summed E-state index contributed by atoms with van der Waals surface area (Å²) in [7, 11) is 8.51. The molecular formula is C40H38Cl2NiOP2. The summed E-state index contributed by atoms with van der Waals surface area (Å²) in [5.74, 6) is 0. The van der Waals surface area contributed by atoms with Gasteiger partial charge in [0.25, 0.3) is 0 Å². The van der Waals surface area contributed by atoms with Gasteiger partial charge >= 0.3 is 33.0 Å². The van der Waals surface area contributed by atoms with Crippen molar-refractivity contribution in [1.82, 2.24) is 0 Å². The van der Waals surface area contributed by atoms with Crippen LogP contribution in [0, 0.1) is 0 Å². The predicted molar refractivity (Wildman–Crippen MR) is 202 cm³/mol. The van der Waals surface area contributed by atoms with Crippen molar-refractivity contribution in [2.24, 2.45) is 0 Å². The van der Waals surface area contributed by atoms with E-state index in [2.05, 4.69) is 182 Å². The molecule has 1 heterocycles. The van der Waals surface area contributed by atoms with Gasteiger partial charge in [0.15, 0.2) is 0 Å². The normalized spacial score (nSPS) is 11.8. The predicted octanol–water partition coefficient (Wildman–Crippen LogP) is 9.06. The van der Waals surface area contributed by atoms with Gasteiger partial charge in [-0.3, -0.25) is 0 Å². The molecule has 0 amide bonds. The van der Waals surface area contributed by atoms with E-state index in [4.69, 9.17) is 25.1 Å². The minimum Gasteiger partial charge on any atom is -0.0622 e. The Morgan fingerprint density at radius 2 is 0.522 bits per heavy atom. The SMILES string of the molecule is C1CCOC1.[Cl][Ni][Cl].c1ccc(P(c2ccccc2)c2ccccc2)cc1.c1ccc(P(c2ccccc2)c2ccccc2)cc1. The monoisotopic (exact) mass is 724 g/mol. The summed E-state index contributed by atoms with van der Waals surface area (Å²) in [5, 5.41) is 8.39. The molecule has 0 aliphatic carbocycles. The Morgan fingerprint density at radius 3 is 0.652 bits per heavy atom. The first-order valence-corrected chi connectivity index (χ1v) is 20.5. The van der Waals surface area contributed by atoms with Crippen LogP contribution in [0.5, 0.6) is 0 Å². The van der Waals surface area contributed by atoms with Crippen LogP contribution in [0.2, 0.25) is 0 Å². The number of benzene rings is 6. The molecule has 1 saturated heterocycles. The van der Waals surface area contributed by atoms with Crippen molar-refractivity contribution < 1.29 is 17.4 Å². The van der Waals surface area contributed by atoms with Gasteiger partial charge in [0.2, 0.25) is 0 Å². The average molecular weight is 726 g/mol. The van der Waals surface area contributed by atoms with Gasteiger partial charge in [-0.25, -0.2) is 0 Å². The second-order valence-corrected chi connectivity index (χ2v) is 16.1. The van der Waals surface area contributed by atoms with Gasteiger partial charge in [-0.2, -0.15) is 0 Å². The molecule has 6 aromatic carbocycles. The molecule has 6 heteroatoms. The molecule has 0 radical (unpaired) electrons. The summed E-state index contributed by atoms with van der Waals surface area (Å²) in [6.07, 6.45) is 2.56. The van der Waals surface area contributed by atoms with Gasteiger partial charge in [0.1, 0.15) is 0 Å². The minimum atomic E-state index is -0.446. The van der Waals surface area contributed by atoms with Crippen molar-refractivity contribution in [2.75, 3.05) is 13.2 Å². The number of hydrogen-bond acceptors (Lipinski definition) is 1. The third-order valence-electron chi connectivity index (χ3n) is 6.91. The van der Waals surface area contributed by atoms with Crippen molar-refractivity contribution in [2.45, 2.75) is 12.8 Å². The van der Waals surface area contributed by atoms with Crippen LogP contribution >= 0.6 is 36.2 Å². The van der Waals surface area contributed by atoms with E-state index in [9.17, 15) is 0 Å². The molecule has 1 nitrogen and oxygen atoms in total. The van der Waals surface area contributed by atoms with Crippen molar-refractivity contribution in [3.63, 3.8) is 0 Å². The molecule has 1 fully saturated rings. The molecule has 1 aliphatic heterocycles. The van der Waals surface area contributed by atoms with Crippen molar-refractivity contribution in [3.05, 3.63) is 182 Å². The summed E-state index contributed by atoms with van der Waals surface area (Å²) < 4.78 is 4.94. The fraction of sp³-hybridized carbons (Fsp3) is 0.100. The Hall–Kier alpha value is -2.79. The molecule has 238 valence electrons. The molecule has 7 rings (SSSR count). The van der Waals surface area contributed by atoms with Crippen molar-refractivity contribution >= 4 is 68.1 Å². The summed E-state index contributed by atoms with van der Waals surface area (Å²) in [4.78, 5) is 0. The van der Waals surface area contributed by atoms with Crippen LogP contribution < -0.4 is 31.8 Å². The Bertz CT molecular complexity index is 1280. The minimum absolute atomic E-state index is 0.446. The number of hydrogen-bond donors (Lipinski definition) is 0. The van der Waals surface area contributed by atoms with Crippen molar-refractivity contribution in [3.8, 4) is 0 Å². The van der Waals surface area contributed by atoms with Crippen LogP contribution in [0.3, 0.4) is 0 Å². The van der Waals surface area contributed by atoms with E-state index in [0.29, 0.717) is 12.7 Å². The van der Waals surface area contributed by atoms with Gasteiger partial charge in [0, 0.05) is 13.2 Å². The number of ether oxygens (including phenoxy) is 1. The number of halogens is 2. The maximum absolute atomic E-state index is 4.94. The Kier molecular flexibility index (Phi) is 17.2. The van der Waals surface area contributed by atoms with E-state index in [1.54, 1.807) is 0 Å². The van der Waals surface area contributed by atoms with Crippen LogP contribution in [-0.4, -0.2) is 13.2 Å². The second-order valence-electron chi connectivity index (χ2n) is 10.0. The molecule has 0 N–H and O–H groups in total. The molecule has 1 aliphatic rings. The summed E-state index contributed by atoms with van der Waals surface area (Å²) >= 11 is 0.569. The van der Waals surface area contributed by atoms with Crippen LogP contribution in [0.15, 0.2) is 182 Å². The maximum atomic E-state index is 4.94. The second kappa shape index (κ2) is 21.9. The molecule has 46 heavy (non-hydrogen) atoms. The first-order chi connectivity index (χ1) is 22.8. The van der Waals surface area contributed by atoms with Crippen LogP contribution in [0.1, 0.15) is 12.8 Å². The van der Waals surface area contributed by atoms with Gasteiger partial charge in [-0.1, -0.05) is 182 Å². The number of rotatable bonds is 6. The van der Waals surface area contributed by atoms with E-state index in [0.717, 1.165) is 13.2 Å². The van der Waals surface area contributed by atoms with E-state index in [1.165, 1.54) is 44.7 Å². The molecule has 6 aromatic rings. The van der Waals surface area contributed by atoms with E-state index >= 15 is 0 Å². The Balaban J connectivity index is 0.000000169. The van der Waals surface area contributed by atoms with E-state index < -0.39 is 15.8 Å². The first kappa shape index (κ1) is 36.1. The standard InChI is InChI=1S/2C18H15P.C4H8O.2ClH.Ni/c2*1-4-10-16(11-5-1)19(17-12-6-2-7-13-17)18-14-8-3-9-15-18;1-2-4-5-3-1;;;/h2*1-15H;1-4H2;2*1H;/q;;;;;+2/p-2. The molecular weight excluding hydrogens is 688 g/mol. The first-order valence-electron chi connectivity index (χ1n) is 15.1. The largest absolute Gasteiger partial charge is 0.0622 e. The topological polar surface area (TPSA) is 9.23 Å². The third-order valence-corrected chi connectivity index (χ3v) is 11.8. The Morgan fingerprint density at radius 1 is 0.348 bits per heavy atom. The summed E-state index contributed by atoms with van der Waals surface area (Å²) in [6.45, 7) is 2.00. The maximum Gasteiger partial charge on any atom is -0.0134 e. The summed E-state index contributed by atoms with van der Waals surface area (Å²) in [5.41, 5.74) is 0. The van der Waals surface area contributed by atoms with E-state index in [-0.39, 0.29) is 0 Å². The molecule has 0 bridgehead atoms. The van der Waals surface area contributed by atoms with Gasteiger partial charge < -0.3 is 4.74 Å². The zero-order valence-corrected chi connectivity index (χ0v) is 29.8. The zero-order chi connectivity index (χ0) is 32.1. The quantitative estimate of drug-likeness (QED) is 0.123. The van der Waals surface area contributed by atoms with Gasteiger partial charge in [0.05, 0.1) is 0 Å². The van der Waals surface area contributed by atoms with Crippen LogP contribution in [0.25, 0.3) is 0 Å². The van der Waals surface area contributed by atoms with E-state index in [1.807, 2.05) is 0 Å². The molecule has 0 saturated carbocycles. The molecule has 0 unspecified atom stereocenters. The molecule has 0 spiro atoms. The summed E-state index contributed by atoms with van der Waals surface area (Å²) in [6, 6.07) is 64.7. The van der Waals surface area contributed by atoms with Crippen LogP contribution in [-0.2, 0) is 17.4 Å². The van der Waals surface area contributed by atoms with Crippen LogP contribution in [0.4, 0.5) is 0 Å². The van der Waals surface area contributed by atoms with Gasteiger partial charge in [-0.15, -0.1) is 0 Å².